The van der Waals surface area contributed by atoms with E-state index in [1.165, 1.54) is 4.90 Å². The van der Waals surface area contributed by atoms with Crippen LogP contribution in [-0.2, 0) is 14.3 Å². The fourth-order valence-corrected chi connectivity index (χ4v) is 3.42. The number of likely N-dealkylation sites (N-methyl/N-ethyl adjacent to an activating group) is 1. The second kappa shape index (κ2) is 7.14. The Hall–Kier alpha value is -1.92. The minimum Gasteiger partial charge on any atom is -0.371 e. The van der Waals surface area contributed by atoms with Crippen molar-refractivity contribution in [3.05, 3.63) is 35.4 Å². The van der Waals surface area contributed by atoms with Gasteiger partial charge in [0.1, 0.15) is 12.2 Å². The van der Waals surface area contributed by atoms with E-state index in [0.29, 0.717) is 19.7 Å². The Morgan fingerprint density at radius 2 is 2.12 bits per heavy atom. The highest BCUT2D eigenvalue weighted by Crippen LogP contribution is 2.36. The quantitative estimate of drug-likeness (QED) is 0.828. The highest BCUT2D eigenvalue weighted by Gasteiger charge is 2.49. The average Bonchev–Trinajstić information content (AvgIpc) is 2.57. The molecular weight excluding hydrogens is 320 g/mol. The molecular formula is C19H26N2O4. The Labute approximate surface area is 148 Å². The molecule has 0 N–H and O–H groups in total. The second-order valence-corrected chi connectivity index (χ2v) is 7.28. The zero-order valence-electron chi connectivity index (χ0n) is 15.2. The monoisotopic (exact) mass is 346 g/mol. The molecule has 6 heteroatoms. The molecule has 0 aliphatic carbocycles. The topological polar surface area (TPSA) is 59.1 Å². The standard InChI is InChI=1S/C19H26N2O4/c1-14-5-4-6-15(9-14)18(23)21-12-19(13-21)10-16(7-8-25-19)24-11-17(22)20(2)3/h4-6,9,16H,7-8,10-13H2,1-3H3/t16-/m0/s1. The summed E-state index contributed by atoms with van der Waals surface area (Å²) in [6.07, 6.45) is 1.52. The summed E-state index contributed by atoms with van der Waals surface area (Å²) in [6, 6.07) is 7.64. The maximum atomic E-state index is 12.6. The van der Waals surface area contributed by atoms with E-state index in [4.69, 9.17) is 9.47 Å². The number of amides is 2. The molecule has 3 rings (SSSR count). The lowest BCUT2D eigenvalue weighted by Crippen LogP contribution is -2.67. The zero-order chi connectivity index (χ0) is 18.0. The second-order valence-electron chi connectivity index (χ2n) is 7.28. The van der Waals surface area contributed by atoms with Gasteiger partial charge in [0, 0.05) is 32.7 Å². The molecule has 1 aromatic carbocycles. The molecule has 2 fully saturated rings. The van der Waals surface area contributed by atoms with Gasteiger partial charge < -0.3 is 19.3 Å². The minimum absolute atomic E-state index is 0.00821. The van der Waals surface area contributed by atoms with Crippen LogP contribution < -0.4 is 0 Å². The molecule has 2 amide bonds. The Morgan fingerprint density at radius 1 is 1.36 bits per heavy atom. The summed E-state index contributed by atoms with van der Waals surface area (Å²) in [5.41, 5.74) is 1.48. The van der Waals surface area contributed by atoms with Crippen molar-refractivity contribution < 1.29 is 19.1 Å². The molecule has 0 unspecified atom stereocenters. The van der Waals surface area contributed by atoms with E-state index in [9.17, 15) is 9.59 Å². The molecule has 0 radical (unpaired) electrons. The predicted octanol–water partition coefficient (Wildman–Crippen LogP) is 1.47. The maximum absolute atomic E-state index is 12.6. The highest BCUT2D eigenvalue weighted by molar-refractivity contribution is 5.95. The first-order valence-electron chi connectivity index (χ1n) is 8.70. The molecule has 6 nitrogen and oxygen atoms in total. The van der Waals surface area contributed by atoms with Crippen LogP contribution in [0.1, 0.15) is 28.8 Å². The van der Waals surface area contributed by atoms with Gasteiger partial charge in [-0.15, -0.1) is 0 Å². The van der Waals surface area contributed by atoms with Crippen molar-refractivity contribution in [3.8, 4) is 0 Å². The lowest BCUT2D eigenvalue weighted by atomic mass is 9.84. The Balaban J connectivity index is 1.53. The largest absolute Gasteiger partial charge is 0.371 e. The number of hydrogen-bond donors (Lipinski definition) is 0. The molecule has 2 heterocycles. The number of carbonyl (C=O) groups excluding carboxylic acids is 2. The molecule has 25 heavy (non-hydrogen) atoms. The molecule has 136 valence electrons. The van der Waals surface area contributed by atoms with Crippen LogP contribution in [0.5, 0.6) is 0 Å². The number of rotatable bonds is 4. The molecule has 0 bridgehead atoms. The van der Waals surface area contributed by atoms with Gasteiger partial charge in [-0.2, -0.15) is 0 Å². The van der Waals surface area contributed by atoms with Crippen molar-refractivity contribution in [1.29, 1.82) is 0 Å². The summed E-state index contributed by atoms with van der Waals surface area (Å²) in [7, 11) is 3.44. The van der Waals surface area contributed by atoms with Gasteiger partial charge in [0.05, 0.1) is 19.2 Å². The molecule has 1 spiro atoms. The highest BCUT2D eigenvalue weighted by atomic mass is 16.5. The lowest BCUT2D eigenvalue weighted by Gasteiger charge is -2.53. The van der Waals surface area contributed by atoms with Crippen LogP contribution in [0.2, 0.25) is 0 Å². The first-order valence-corrected chi connectivity index (χ1v) is 8.70. The van der Waals surface area contributed by atoms with E-state index >= 15 is 0 Å². The summed E-state index contributed by atoms with van der Waals surface area (Å²) in [6.45, 7) is 3.85. The van der Waals surface area contributed by atoms with Gasteiger partial charge in [-0.05, 0) is 25.5 Å². The minimum atomic E-state index is -0.316. The fourth-order valence-electron chi connectivity index (χ4n) is 3.42. The van der Waals surface area contributed by atoms with Crippen molar-refractivity contribution in [2.45, 2.75) is 31.5 Å². The van der Waals surface area contributed by atoms with Crippen LogP contribution in [0.25, 0.3) is 0 Å². The van der Waals surface area contributed by atoms with Gasteiger partial charge in [-0.3, -0.25) is 9.59 Å². The third-order valence-corrected chi connectivity index (χ3v) is 4.90. The lowest BCUT2D eigenvalue weighted by molar-refractivity contribution is -0.188. The van der Waals surface area contributed by atoms with Crippen molar-refractivity contribution in [3.63, 3.8) is 0 Å². The molecule has 2 aliphatic rings. The maximum Gasteiger partial charge on any atom is 0.254 e. The number of ether oxygens (including phenoxy) is 2. The molecule has 1 atom stereocenters. The van der Waals surface area contributed by atoms with Crippen molar-refractivity contribution in [2.75, 3.05) is 40.4 Å². The Bertz CT molecular complexity index is 653. The number of carbonyl (C=O) groups is 2. The van der Waals surface area contributed by atoms with Crippen LogP contribution in [0.4, 0.5) is 0 Å². The summed E-state index contributed by atoms with van der Waals surface area (Å²) < 4.78 is 11.7. The van der Waals surface area contributed by atoms with Crippen LogP contribution >= 0.6 is 0 Å². The van der Waals surface area contributed by atoms with Gasteiger partial charge in [0.2, 0.25) is 5.91 Å². The number of hydrogen-bond acceptors (Lipinski definition) is 4. The number of benzene rings is 1. The fraction of sp³-hybridized carbons (Fsp3) is 0.579. The van der Waals surface area contributed by atoms with E-state index in [1.807, 2.05) is 36.1 Å². The number of aryl methyl sites for hydroxylation is 1. The van der Waals surface area contributed by atoms with Gasteiger partial charge in [-0.25, -0.2) is 0 Å². The third-order valence-electron chi connectivity index (χ3n) is 4.90. The van der Waals surface area contributed by atoms with Crippen LogP contribution in [0.15, 0.2) is 24.3 Å². The number of likely N-dealkylation sites (tertiary alicyclic amines) is 1. The van der Waals surface area contributed by atoms with E-state index in [-0.39, 0.29) is 30.1 Å². The van der Waals surface area contributed by atoms with Crippen molar-refractivity contribution in [1.82, 2.24) is 9.80 Å². The van der Waals surface area contributed by atoms with Gasteiger partial charge in [0.25, 0.3) is 5.91 Å². The van der Waals surface area contributed by atoms with Crippen molar-refractivity contribution >= 4 is 11.8 Å². The van der Waals surface area contributed by atoms with Crippen LogP contribution in [0.3, 0.4) is 0 Å². The van der Waals surface area contributed by atoms with E-state index in [1.54, 1.807) is 14.1 Å². The van der Waals surface area contributed by atoms with Gasteiger partial charge >= 0.3 is 0 Å². The smallest absolute Gasteiger partial charge is 0.254 e. The first kappa shape index (κ1) is 17.9. The summed E-state index contributed by atoms with van der Waals surface area (Å²) >= 11 is 0. The van der Waals surface area contributed by atoms with E-state index < -0.39 is 0 Å². The SMILES string of the molecule is Cc1cccc(C(=O)N2CC3(C[C@@H](OCC(=O)N(C)C)CCO3)C2)c1. The van der Waals surface area contributed by atoms with Crippen LogP contribution in [-0.4, -0.2) is 73.7 Å². The summed E-state index contributed by atoms with van der Waals surface area (Å²) in [5.74, 6) is 0.00848. The molecule has 0 saturated carbocycles. The normalized spacial score (nSPS) is 21.7. The van der Waals surface area contributed by atoms with Gasteiger partial charge in [0.15, 0.2) is 0 Å². The van der Waals surface area contributed by atoms with E-state index in [2.05, 4.69) is 0 Å². The zero-order valence-corrected chi connectivity index (χ0v) is 15.2. The molecule has 2 saturated heterocycles. The summed E-state index contributed by atoms with van der Waals surface area (Å²) in [5, 5.41) is 0. The molecule has 0 aromatic heterocycles. The first-order chi connectivity index (χ1) is 11.9. The number of nitrogens with zero attached hydrogens (tertiary/aromatic N) is 2. The van der Waals surface area contributed by atoms with E-state index in [0.717, 1.165) is 24.0 Å². The van der Waals surface area contributed by atoms with Gasteiger partial charge in [-0.1, -0.05) is 17.7 Å². The Kier molecular flexibility index (Phi) is 5.11. The average molecular weight is 346 g/mol. The van der Waals surface area contributed by atoms with Crippen LogP contribution in [0, 0.1) is 6.92 Å². The third kappa shape index (κ3) is 4.02. The Morgan fingerprint density at radius 3 is 2.80 bits per heavy atom. The molecule has 1 aromatic rings. The van der Waals surface area contributed by atoms with Crippen molar-refractivity contribution in [2.24, 2.45) is 0 Å². The molecule has 2 aliphatic heterocycles. The summed E-state index contributed by atoms with van der Waals surface area (Å²) in [4.78, 5) is 27.6. The predicted molar refractivity (Wildman–Crippen MR) is 93.4 cm³/mol.